The number of Topliss-reactive ketones (excluding diaryl/α,β-unsaturated/α-hetero) is 2. The molecule has 30 heavy (non-hydrogen) atoms. The van der Waals surface area contributed by atoms with Crippen LogP contribution >= 0.6 is 0 Å². The van der Waals surface area contributed by atoms with Gasteiger partial charge in [-0.3, -0.25) is 9.59 Å². The summed E-state index contributed by atoms with van der Waals surface area (Å²) in [4.78, 5) is 39.6. The zero-order valence-corrected chi connectivity index (χ0v) is 18.0. The number of nitrogens with zero attached hydrogens (tertiary/aromatic N) is 1. The Morgan fingerprint density at radius 1 is 1.23 bits per heavy atom. The number of carbonyl (C=O) groups is 3. The minimum Gasteiger partial charge on any atom is -0.486 e. The Morgan fingerprint density at radius 2 is 1.97 bits per heavy atom. The molecule has 2 saturated heterocycles. The summed E-state index contributed by atoms with van der Waals surface area (Å²) in [7, 11) is 0. The average molecular weight is 415 g/mol. The Morgan fingerprint density at radius 3 is 2.60 bits per heavy atom. The van der Waals surface area contributed by atoms with Crippen molar-refractivity contribution in [1.82, 2.24) is 10.2 Å². The fourth-order valence-electron chi connectivity index (χ4n) is 4.46. The van der Waals surface area contributed by atoms with Gasteiger partial charge in [0.25, 0.3) is 0 Å². The quantitative estimate of drug-likeness (QED) is 0.748. The molecule has 3 aliphatic rings. The maximum absolute atomic E-state index is 12.9. The summed E-state index contributed by atoms with van der Waals surface area (Å²) in [5, 5.41) is 3.21. The minimum atomic E-state index is -0.594. The van der Waals surface area contributed by atoms with Crippen LogP contribution in [0.25, 0.3) is 0 Å². The van der Waals surface area contributed by atoms with Gasteiger partial charge in [-0.25, -0.2) is 4.79 Å². The van der Waals surface area contributed by atoms with E-state index in [0.717, 1.165) is 13.0 Å². The average Bonchev–Trinajstić information content (AvgIpc) is 3.21. The van der Waals surface area contributed by atoms with Crippen molar-refractivity contribution in [1.29, 1.82) is 0 Å². The van der Waals surface area contributed by atoms with Crippen molar-refractivity contribution < 1.29 is 23.9 Å². The fraction of sp³-hybridized carbons (Fsp3) is 0.609. The second kappa shape index (κ2) is 7.69. The van der Waals surface area contributed by atoms with Crippen LogP contribution in [-0.4, -0.2) is 59.9 Å². The van der Waals surface area contributed by atoms with E-state index in [4.69, 9.17) is 9.47 Å². The number of hydrogen-bond donors (Lipinski definition) is 1. The Hall–Kier alpha value is -2.41. The molecule has 0 saturated carbocycles. The Labute approximate surface area is 177 Å². The van der Waals surface area contributed by atoms with Crippen molar-refractivity contribution in [3.63, 3.8) is 0 Å². The van der Waals surface area contributed by atoms with Gasteiger partial charge < -0.3 is 19.7 Å². The number of rotatable bonds is 2. The van der Waals surface area contributed by atoms with E-state index in [9.17, 15) is 14.4 Å². The highest BCUT2D eigenvalue weighted by molar-refractivity contribution is 6.05. The third kappa shape index (κ3) is 4.21. The first kappa shape index (κ1) is 20.8. The lowest BCUT2D eigenvalue weighted by molar-refractivity contribution is -0.0226. The summed E-state index contributed by atoms with van der Waals surface area (Å²) < 4.78 is 11.7. The highest BCUT2D eigenvalue weighted by Gasteiger charge is 2.44. The maximum atomic E-state index is 12.9. The van der Waals surface area contributed by atoms with Gasteiger partial charge in [0.15, 0.2) is 11.6 Å². The number of likely N-dealkylation sites (tertiary alicyclic amines) is 1. The van der Waals surface area contributed by atoms with Gasteiger partial charge in [-0.15, -0.1) is 0 Å². The van der Waals surface area contributed by atoms with E-state index < -0.39 is 11.2 Å². The normalized spacial score (nSPS) is 23.1. The lowest BCUT2D eigenvalue weighted by Gasteiger charge is -2.44. The van der Waals surface area contributed by atoms with Gasteiger partial charge in [-0.2, -0.15) is 0 Å². The van der Waals surface area contributed by atoms with Crippen molar-refractivity contribution in [2.75, 3.05) is 26.2 Å². The first-order chi connectivity index (χ1) is 14.2. The summed E-state index contributed by atoms with van der Waals surface area (Å²) in [6.45, 7) is 8.06. The monoisotopic (exact) mass is 414 g/mol. The molecule has 0 bridgehead atoms. The van der Waals surface area contributed by atoms with Crippen molar-refractivity contribution in [2.24, 2.45) is 5.92 Å². The maximum Gasteiger partial charge on any atom is 0.410 e. The van der Waals surface area contributed by atoms with Crippen LogP contribution in [0.4, 0.5) is 4.79 Å². The third-order valence-corrected chi connectivity index (χ3v) is 6.13. The van der Waals surface area contributed by atoms with Crippen LogP contribution in [0.3, 0.4) is 0 Å². The van der Waals surface area contributed by atoms with Crippen LogP contribution < -0.4 is 10.1 Å². The molecule has 1 aromatic rings. The molecule has 0 radical (unpaired) electrons. The molecule has 3 aliphatic heterocycles. The second-order valence-corrected chi connectivity index (χ2v) is 9.62. The second-order valence-electron chi connectivity index (χ2n) is 9.62. The van der Waals surface area contributed by atoms with Crippen molar-refractivity contribution >= 4 is 17.7 Å². The van der Waals surface area contributed by atoms with E-state index in [1.807, 2.05) is 20.8 Å². The van der Waals surface area contributed by atoms with Crippen LogP contribution in [0.1, 0.15) is 67.2 Å². The van der Waals surface area contributed by atoms with Crippen LogP contribution in [0.15, 0.2) is 18.2 Å². The highest BCUT2D eigenvalue weighted by Crippen LogP contribution is 2.40. The van der Waals surface area contributed by atoms with Gasteiger partial charge in [-0.05, 0) is 51.9 Å². The van der Waals surface area contributed by atoms with E-state index in [1.54, 1.807) is 23.1 Å². The molecule has 7 nitrogen and oxygen atoms in total. The van der Waals surface area contributed by atoms with Gasteiger partial charge in [0, 0.05) is 44.0 Å². The summed E-state index contributed by atoms with van der Waals surface area (Å²) in [5.41, 5.74) is -0.0579. The number of hydrogen-bond acceptors (Lipinski definition) is 6. The number of ketones is 2. The number of nitrogens with one attached hydrogen (secondary N) is 1. The molecule has 1 N–H and O–H groups in total. The summed E-state index contributed by atoms with van der Waals surface area (Å²) in [5.74, 6) is 0.604. The number of amides is 1. The van der Waals surface area contributed by atoms with Crippen molar-refractivity contribution in [3.8, 4) is 5.75 Å². The molecule has 0 aromatic heterocycles. The standard InChI is InChI=1S/C23H30N2O5/c1-22(2,3)30-21(28)25-10-7-23(8-11-25)13-18(26)17-12-15(4-5-19(17)29-23)20(27)16-6-9-24-14-16/h4-5,12,16,24H,6-11,13-14H2,1-3H3/t16-/m1/s1. The van der Waals surface area contributed by atoms with Crippen molar-refractivity contribution in [3.05, 3.63) is 29.3 Å². The Balaban J connectivity index is 1.45. The van der Waals surface area contributed by atoms with Gasteiger partial charge >= 0.3 is 6.09 Å². The molecule has 0 aliphatic carbocycles. The third-order valence-electron chi connectivity index (χ3n) is 6.13. The van der Waals surface area contributed by atoms with Gasteiger partial charge in [-0.1, -0.05) is 0 Å². The van der Waals surface area contributed by atoms with E-state index in [-0.39, 0.29) is 30.0 Å². The number of benzene rings is 1. The zero-order chi connectivity index (χ0) is 21.5. The Bertz CT molecular complexity index is 859. The molecular formula is C23H30N2O5. The van der Waals surface area contributed by atoms with E-state index in [1.165, 1.54) is 0 Å². The van der Waals surface area contributed by atoms with Crippen molar-refractivity contribution in [2.45, 2.75) is 57.7 Å². The van der Waals surface area contributed by atoms with Crippen LogP contribution in [0.2, 0.25) is 0 Å². The predicted molar refractivity (Wildman–Crippen MR) is 111 cm³/mol. The van der Waals surface area contributed by atoms with E-state index in [2.05, 4.69) is 5.32 Å². The molecule has 1 atom stereocenters. The molecule has 0 unspecified atom stereocenters. The summed E-state index contributed by atoms with van der Waals surface area (Å²) in [6.07, 6.45) is 1.92. The van der Waals surface area contributed by atoms with E-state index in [0.29, 0.717) is 49.4 Å². The van der Waals surface area contributed by atoms with Crippen LogP contribution in [-0.2, 0) is 4.74 Å². The number of piperidine rings is 1. The molecule has 7 heteroatoms. The first-order valence-electron chi connectivity index (χ1n) is 10.7. The molecule has 4 rings (SSSR count). The molecule has 1 amide bonds. The molecular weight excluding hydrogens is 384 g/mol. The molecule has 3 heterocycles. The van der Waals surface area contributed by atoms with Gasteiger partial charge in [0.05, 0.1) is 12.0 Å². The van der Waals surface area contributed by atoms with Gasteiger partial charge in [0.2, 0.25) is 0 Å². The van der Waals surface area contributed by atoms with Crippen LogP contribution in [0.5, 0.6) is 5.75 Å². The first-order valence-corrected chi connectivity index (χ1v) is 10.7. The lowest BCUT2D eigenvalue weighted by Crippen LogP contribution is -2.53. The zero-order valence-electron chi connectivity index (χ0n) is 18.0. The van der Waals surface area contributed by atoms with E-state index >= 15 is 0 Å². The molecule has 1 spiro atoms. The molecule has 1 aromatic carbocycles. The number of ether oxygens (including phenoxy) is 2. The smallest absolute Gasteiger partial charge is 0.410 e. The lowest BCUT2D eigenvalue weighted by atomic mass is 9.82. The summed E-state index contributed by atoms with van der Waals surface area (Å²) in [6, 6.07) is 5.21. The largest absolute Gasteiger partial charge is 0.486 e. The predicted octanol–water partition coefficient (Wildman–Crippen LogP) is 3.21. The topological polar surface area (TPSA) is 84.9 Å². The SMILES string of the molecule is CC(C)(C)OC(=O)N1CCC2(CC1)CC(=O)c1cc(C(=O)[C@@H]3CCNC3)ccc1O2. The van der Waals surface area contributed by atoms with Crippen LogP contribution in [0, 0.1) is 5.92 Å². The Kier molecular flexibility index (Phi) is 5.34. The molecule has 2 fully saturated rings. The minimum absolute atomic E-state index is 0.00108. The van der Waals surface area contributed by atoms with Gasteiger partial charge in [0.1, 0.15) is 17.0 Å². The number of fused-ring (bicyclic) bond motifs is 1. The summed E-state index contributed by atoms with van der Waals surface area (Å²) >= 11 is 0. The molecule has 162 valence electrons. The highest BCUT2D eigenvalue weighted by atomic mass is 16.6. The number of carbonyl (C=O) groups excluding carboxylic acids is 3. The fourth-order valence-corrected chi connectivity index (χ4v) is 4.46.